The Hall–Kier alpha value is -2.31. The Morgan fingerprint density at radius 1 is 1.60 bits per heavy atom. The quantitative estimate of drug-likeness (QED) is 0.326. The molecule has 4 N–H and O–H groups in total. The first kappa shape index (κ1) is 14.1. The predicted octanol–water partition coefficient (Wildman–Crippen LogP) is 1.09. The number of carbonyl (C=O) groups is 1. The highest BCUT2D eigenvalue weighted by molar-refractivity contribution is 6.00. The first-order valence-electron chi connectivity index (χ1n) is 6.19. The van der Waals surface area contributed by atoms with Crippen LogP contribution in [0.25, 0.3) is 0 Å². The number of benzene rings is 1. The number of rotatable bonds is 5. The van der Waals surface area contributed by atoms with E-state index in [4.69, 9.17) is 15.7 Å². The standard InChI is InChI=1S/C13H16FN3O3/c1-20-9-4-2-3-8(14)10(9)13(18)16-11(7-5-6-7)12(15)17-19/h2-4,7,11,19H,5-6H2,1H3,(H2,15,17)(H,16,18). The third-order valence-electron chi connectivity index (χ3n) is 3.24. The van der Waals surface area contributed by atoms with E-state index in [0.29, 0.717) is 0 Å². The normalized spacial score (nSPS) is 16.6. The lowest BCUT2D eigenvalue weighted by Gasteiger charge is -2.17. The maximum Gasteiger partial charge on any atom is 0.258 e. The molecule has 0 aliphatic heterocycles. The van der Waals surface area contributed by atoms with Gasteiger partial charge in [-0.1, -0.05) is 11.2 Å². The second-order valence-electron chi connectivity index (χ2n) is 4.63. The molecule has 1 saturated carbocycles. The van der Waals surface area contributed by atoms with Crippen molar-refractivity contribution < 1.29 is 19.1 Å². The summed E-state index contributed by atoms with van der Waals surface area (Å²) in [5.41, 5.74) is 5.36. The molecule has 1 aliphatic rings. The highest BCUT2D eigenvalue weighted by Crippen LogP contribution is 2.33. The Labute approximate surface area is 115 Å². The lowest BCUT2D eigenvalue weighted by Crippen LogP contribution is -2.46. The van der Waals surface area contributed by atoms with Gasteiger partial charge in [0.05, 0.1) is 13.2 Å². The lowest BCUT2D eigenvalue weighted by atomic mass is 10.1. The van der Waals surface area contributed by atoms with Crippen molar-refractivity contribution in [2.75, 3.05) is 7.11 Å². The molecule has 1 aromatic rings. The Bertz CT molecular complexity index is 544. The summed E-state index contributed by atoms with van der Waals surface area (Å²) >= 11 is 0. The van der Waals surface area contributed by atoms with Crippen molar-refractivity contribution in [3.05, 3.63) is 29.6 Å². The summed E-state index contributed by atoms with van der Waals surface area (Å²) in [5, 5.41) is 14.2. The summed E-state index contributed by atoms with van der Waals surface area (Å²) in [6, 6.07) is 3.52. The van der Waals surface area contributed by atoms with Crippen LogP contribution in [0.2, 0.25) is 0 Å². The molecule has 1 amide bonds. The molecule has 0 bridgehead atoms. The van der Waals surface area contributed by atoms with E-state index in [2.05, 4.69) is 10.5 Å². The van der Waals surface area contributed by atoms with Crippen LogP contribution in [0, 0.1) is 11.7 Å². The Morgan fingerprint density at radius 2 is 2.30 bits per heavy atom. The molecule has 0 spiro atoms. The van der Waals surface area contributed by atoms with E-state index < -0.39 is 17.8 Å². The van der Waals surface area contributed by atoms with Crippen molar-refractivity contribution in [3.63, 3.8) is 0 Å². The summed E-state index contributed by atoms with van der Waals surface area (Å²) < 4.78 is 18.8. The van der Waals surface area contributed by atoms with E-state index in [1.165, 1.54) is 25.3 Å². The number of hydrogen-bond donors (Lipinski definition) is 3. The molecule has 7 heteroatoms. The zero-order valence-corrected chi connectivity index (χ0v) is 11.0. The number of nitrogens with zero attached hydrogens (tertiary/aromatic N) is 1. The fourth-order valence-electron chi connectivity index (χ4n) is 2.03. The van der Waals surface area contributed by atoms with Gasteiger partial charge in [0.1, 0.15) is 17.1 Å². The van der Waals surface area contributed by atoms with Crippen molar-refractivity contribution >= 4 is 11.7 Å². The highest BCUT2D eigenvalue weighted by atomic mass is 19.1. The van der Waals surface area contributed by atoms with E-state index in [9.17, 15) is 9.18 Å². The number of halogens is 1. The molecule has 20 heavy (non-hydrogen) atoms. The third kappa shape index (κ3) is 2.81. The van der Waals surface area contributed by atoms with Crippen LogP contribution in [-0.4, -0.2) is 30.1 Å². The van der Waals surface area contributed by atoms with Gasteiger partial charge in [-0.15, -0.1) is 0 Å². The molecular formula is C13H16FN3O3. The number of carbonyl (C=O) groups excluding carboxylic acids is 1. The largest absolute Gasteiger partial charge is 0.496 e. The molecular weight excluding hydrogens is 265 g/mol. The van der Waals surface area contributed by atoms with E-state index in [1.807, 2.05) is 0 Å². The van der Waals surface area contributed by atoms with E-state index in [-0.39, 0.29) is 23.1 Å². The second-order valence-corrected chi connectivity index (χ2v) is 4.63. The van der Waals surface area contributed by atoms with Crippen LogP contribution in [0.5, 0.6) is 5.75 Å². The van der Waals surface area contributed by atoms with Gasteiger partial charge in [0.15, 0.2) is 5.84 Å². The van der Waals surface area contributed by atoms with E-state index in [1.54, 1.807) is 0 Å². The summed E-state index contributed by atoms with van der Waals surface area (Å²) in [4.78, 5) is 12.2. The van der Waals surface area contributed by atoms with Crippen molar-refractivity contribution in [1.82, 2.24) is 5.32 Å². The van der Waals surface area contributed by atoms with Crippen LogP contribution in [-0.2, 0) is 0 Å². The van der Waals surface area contributed by atoms with Gasteiger partial charge in [0.25, 0.3) is 5.91 Å². The molecule has 0 radical (unpaired) electrons. The molecule has 1 unspecified atom stereocenters. The fourth-order valence-corrected chi connectivity index (χ4v) is 2.03. The van der Waals surface area contributed by atoms with Crippen LogP contribution in [0.4, 0.5) is 4.39 Å². The Kier molecular flexibility index (Phi) is 4.07. The molecule has 2 rings (SSSR count). The third-order valence-corrected chi connectivity index (χ3v) is 3.24. The van der Waals surface area contributed by atoms with Crippen LogP contribution in [0.3, 0.4) is 0 Å². The number of hydrogen-bond acceptors (Lipinski definition) is 4. The van der Waals surface area contributed by atoms with Crippen LogP contribution in [0.1, 0.15) is 23.2 Å². The van der Waals surface area contributed by atoms with Gasteiger partial charge in [-0.3, -0.25) is 4.79 Å². The zero-order valence-electron chi connectivity index (χ0n) is 11.0. The molecule has 6 nitrogen and oxygen atoms in total. The molecule has 1 aliphatic carbocycles. The van der Waals surface area contributed by atoms with Crippen molar-refractivity contribution in [1.29, 1.82) is 0 Å². The minimum Gasteiger partial charge on any atom is -0.496 e. The number of amides is 1. The lowest BCUT2D eigenvalue weighted by molar-refractivity contribution is 0.0935. The number of ether oxygens (including phenoxy) is 1. The number of methoxy groups -OCH3 is 1. The molecule has 1 aromatic carbocycles. The van der Waals surface area contributed by atoms with E-state index >= 15 is 0 Å². The van der Waals surface area contributed by atoms with Gasteiger partial charge in [0, 0.05) is 0 Å². The SMILES string of the molecule is COc1cccc(F)c1C(=O)NC(C(N)=NO)C1CC1. The Balaban J connectivity index is 2.23. The Morgan fingerprint density at radius 3 is 2.85 bits per heavy atom. The molecule has 0 heterocycles. The van der Waals surface area contributed by atoms with Gasteiger partial charge >= 0.3 is 0 Å². The summed E-state index contributed by atoms with van der Waals surface area (Å²) in [6.45, 7) is 0. The summed E-state index contributed by atoms with van der Waals surface area (Å²) in [6.07, 6.45) is 1.74. The molecule has 108 valence electrons. The zero-order chi connectivity index (χ0) is 14.7. The number of amidine groups is 1. The van der Waals surface area contributed by atoms with Crippen molar-refractivity contribution in [2.24, 2.45) is 16.8 Å². The van der Waals surface area contributed by atoms with E-state index in [0.717, 1.165) is 12.8 Å². The van der Waals surface area contributed by atoms with Gasteiger partial charge in [-0.25, -0.2) is 4.39 Å². The molecule has 1 fully saturated rings. The minimum absolute atomic E-state index is 0.0869. The van der Waals surface area contributed by atoms with Crippen molar-refractivity contribution in [2.45, 2.75) is 18.9 Å². The summed E-state index contributed by atoms with van der Waals surface area (Å²) in [5.74, 6) is -1.17. The molecule has 0 saturated heterocycles. The minimum atomic E-state index is -0.684. The average molecular weight is 281 g/mol. The van der Waals surface area contributed by atoms with Gasteiger partial charge in [-0.05, 0) is 30.9 Å². The van der Waals surface area contributed by atoms with Gasteiger partial charge in [0.2, 0.25) is 0 Å². The first-order valence-corrected chi connectivity index (χ1v) is 6.19. The van der Waals surface area contributed by atoms with Crippen LogP contribution >= 0.6 is 0 Å². The van der Waals surface area contributed by atoms with Gasteiger partial charge in [-0.2, -0.15) is 0 Å². The van der Waals surface area contributed by atoms with Crippen LogP contribution < -0.4 is 15.8 Å². The van der Waals surface area contributed by atoms with Crippen LogP contribution in [0.15, 0.2) is 23.4 Å². The maximum atomic E-state index is 13.8. The maximum absolute atomic E-state index is 13.8. The van der Waals surface area contributed by atoms with Crippen molar-refractivity contribution in [3.8, 4) is 5.75 Å². The summed E-state index contributed by atoms with van der Waals surface area (Å²) in [7, 11) is 1.35. The first-order chi connectivity index (χ1) is 9.58. The number of nitrogens with two attached hydrogens (primary N) is 1. The highest BCUT2D eigenvalue weighted by Gasteiger charge is 2.36. The predicted molar refractivity (Wildman–Crippen MR) is 70.3 cm³/mol. The average Bonchev–Trinajstić information content (AvgIpc) is 3.27. The topological polar surface area (TPSA) is 96.9 Å². The fraction of sp³-hybridized carbons (Fsp3) is 0.385. The van der Waals surface area contributed by atoms with Gasteiger partial charge < -0.3 is 21.0 Å². The molecule has 0 aromatic heterocycles. The second kappa shape index (κ2) is 5.77. The monoisotopic (exact) mass is 281 g/mol. The number of nitrogens with one attached hydrogen (secondary N) is 1. The molecule has 1 atom stereocenters. The smallest absolute Gasteiger partial charge is 0.258 e. The number of oxime groups is 1.